The number of hydrogen-bond donors (Lipinski definition) is 2. The first kappa shape index (κ1) is 17.4. The SMILES string of the molecule is CN(c1cccnc1)c1cc(NC2CC2)n2ncc(/C=C3\CC(=O)NC3=O)c2n1. The average Bonchev–Trinajstić information content (AvgIpc) is 3.36. The highest BCUT2D eigenvalue weighted by atomic mass is 16.2. The van der Waals surface area contributed by atoms with E-state index in [-0.39, 0.29) is 18.2 Å². The van der Waals surface area contributed by atoms with E-state index in [2.05, 4.69) is 20.7 Å². The second kappa shape index (κ2) is 6.69. The molecular formula is C20H19N7O2. The van der Waals surface area contributed by atoms with Gasteiger partial charge in [-0.15, -0.1) is 0 Å². The van der Waals surface area contributed by atoms with Crippen LogP contribution >= 0.6 is 0 Å². The molecule has 29 heavy (non-hydrogen) atoms. The lowest BCUT2D eigenvalue weighted by atomic mass is 10.1. The number of hydrogen-bond acceptors (Lipinski definition) is 7. The van der Waals surface area contributed by atoms with Crippen LogP contribution in [0, 0.1) is 0 Å². The van der Waals surface area contributed by atoms with Gasteiger partial charge in [-0.25, -0.2) is 4.98 Å². The fraction of sp³-hybridized carbons (Fsp3) is 0.250. The van der Waals surface area contributed by atoms with Gasteiger partial charge < -0.3 is 10.2 Å². The minimum absolute atomic E-state index is 0.0681. The lowest BCUT2D eigenvalue weighted by molar-refractivity contribution is -0.124. The van der Waals surface area contributed by atoms with Crippen LogP contribution in [0.4, 0.5) is 17.3 Å². The monoisotopic (exact) mass is 389 g/mol. The number of pyridine rings is 1. The lowest BCUT2D eigenvalue weighted by Crippen LogP contribution is -2.19. The standard InChI is InChI=1S/C20H19N7O2/c1-26(15-3-2-6-21-11-15)16-9-17(23-14-4-5-14)27-19(24-16)13(10-22-27)7-12-8-18(28)25-20(12)29/h2-3,6-7,9-11,14,23H,4-5,8H2,1H3,(H,25,28,29)/b12-7+. The predicted octanol–water partition coefficient (Wildman–Crippen LogP) is 1.90. The fourth-order valence-corrected chi connectivity index (χ4v) is 3.27. The van der Waals surface area contributed by atoms with E-state index < -0.39 is 0 Å². The van der Waals surface area contributed by atoms with Crippen molar-refractivity contribution in [2.24, 2.45) is 0 Å². The molecule has 2 amide bonds. The highest BCUT2D eigenvalue weighted by molar-refractivity contribution is 6.15. The van der Waals surface area contributed by atoms with Gasteiger partial charge in [0.25, 0.3) is 5.91 Å². The molecule has 4 heterocycles. The molecule has 3 aromatic heterocycles. The smallest absolute Gasteiger partial charge is 0.254 e. The molecule has 5 rings (SSSR count). The first-order valence-electron chi connectivity index (χ1n) is 9.42. The Labute approximate surface area is 166 Å². The van der Waals surface area contributed by atoms with Gasteiger partial charge in [0.1, 0.15) is 11.6 Å². The Morgan fingerprint density at radius 1 is 1.31 bits per heavy atom. The molecule has 0 spiro atoms. The summed E-state index contributed by atoms with van der Waals surface area (Å²) in [5, 5.41) is 10.3. The average molecular weight is 389 g/mol. The number of anilines is 3. The Morgan fingerprint density at radius 3 is 2.86 bits per heavy atom. The van der Waals surface area contributed by atoms with Gasteiger partial charge in [-0.2, -0.15) is 9.61 Å². The Hall–Kier alpha value is -3.75. The summed E-state index contributed by atoms with van der Waals surface area (Å²) in [5.41, 5.74) is 2.61. The van der Waals surface area contributed by atoms with E-state index in [9.17, 15) is 9.59 Å². The van der Waals surface area contributed by atoms with Crippen molar-refractivity contribution in [1.82, 2.24) is 24.9 Å². The van der Waals surface area contributed by atoms with Crippen molar-refractivity contribution in [3.63, 3.8) is 0 Å². The Bertz CT molecular complexity index is 1150. The van der Waals surface area contributed by atoms with E-state index in [4.69, 9.17) is 4.98 Å². The normalized spacial score (nSPS) is 17.8. The molecule has 0 aromatic carbocycles. The summed E-state index contributed by atoms with van der Waals surface area (Å²) in [5.74, 6) is 0.897. The van der Waals surface area contributed by atoms with Crippen molar-refractivity contribution >= 4 is 40.9 Å². The molecule has 146 valence electrons. The zero-order valence-corrected chi connectivity index (χ0v) is 15.8. The van der Waals surface area contributed by atoms with Crippen LogP contribution in [0.1, 0.15) is 24.8 Å². The molecule has 0 bridgehead atoms. The third-order valence-corrected chi connectivity index (χ3v) is 5.02. The second-order valence-electron chi connectivity index (χ2n) is 7.25. The minimum atomic E-state index is -0.366. The van der Waals surface area contributed by atoms with E-state index >= 15 is 0 Å². The molecule has 2 fully saturated rings. The molecule has 0 unspecified atom stereocenters. The summed E-state index contributed by atoms with van der Waals surface area (Å²) in [4.78, 5) is 34.4. The zero-order chi connectivity index (χ0) is 20.0. The maximum absolute atomic E-state index is 12.0. The zero-order valence-electron chi connectivity index (χ0n) is 15.8. The van der Waals surface area contributed by atoms with Crippen molar-refractivity contribution in [2.45, 2.75) is 25.3 Å². The van der Waals surface area contributed by atoms with Crippen LogP contribution in [-0.4, -0.2) is 44.5 Å². The Kier molecular flexibility index (Phi) is 4.01. The maximum atomic E-state index is 12.0. The number of carbonyl (C=O) groups is 2. The third-order valence-electron chi connectivity index (χ3n) is 5.02. The topological polar surface area (TPSA) is 105 Å². The molecule has 1 aliphatic carbocycles. The van der Waals surface area contributed by atoms with Crippen LogP contribution in [0.2, 0.25) is 0 Å². The second-order valence-corrected chi connectivity index (χ2v) is 7.25. The molecule has 0 radical (unpaired) electrons. The Balaban J connectivity index is 1.62. The first-order chi connectivity index (χ1) is 14.1. The molecule has 2 N–H and O–H groups in total. The van der Waals surface area contributed by atoms with Gasteiger partial charge in [-0.3, -0.25) is 19.9 Å². The van der Waals surface area contributed by atoms with Gasteiger partial charge in [0, 0.05) is 36.5 Å². The Morgan fingerprint density at radius 2 is 2.17 bits per heavy atom. The number of nitrogens with one attached hydrogen (secondary N) is 2. The van der Waals surface area contributed by atoms with E-state index in [1.54, 1.807) is 29.2 Å². The number of imide groups is 1. The maximum Gasteiger partial charge on any atom is 0.254 e. The number of rotatable bonds is 5. The quantitative estimate of drug-likeness (QED) is 0.507. The van der Waals surface area contributed by atoms with Crippen molar-refractivity contribution < 1.29 is 9.59 Å². The van der Waals surface area contributed by atoms with E-state index in [1.165, 1.54) is 0 Å². The van der Waals surface area contributed by atoms with Crippen LogP contribution in [0.3, 0.4) is 0 Å². The van der Waals surface area contributed by atoms with Gasteiger partial charge in [-0.05, 0) is 31.1 Å². The van der Waals surface area contributed by atoms with Crippen LogP contribution < -0.4 is 15.5 Å². The summed E-state index contributed by atoms with van der Waals surface area (Å²) in [7, 11) is 1.92. The summed E-state index contributed by atoms with van der Waals surface area (Å²) >= 11 is 0. The number of aromatic nitrogens is 4. The summed E-state index contributed by atoms with van der Waals surface area (Å²) in [6.07, 6.45) is 9.16. The van der Waals surface area contributed by atoms with Crippen LogP contribution in [0.5, 0.6) is 0 Å². The van der Waals surface area contributed by atoms with Crippen molar-refractivity contribution in [2.75, 3.05) is 17.3 Å². The summed E-state index contributed by atoms with van der Waals surface area (Å²) in [6, 6.07) is 6.22. The van der Waals surface area contributed by atoms with Gasteiger partial charge in [0.05, 0.1) is 24.5 Å². The first-order valence-corrected chi connectivity index (χ1v) is 9.42. The number of carbonyl (C=O) groups excluding carboxylic acids is 2. The van der Waals surface area contributed by atoms with Crippen molar-refractivity contribution in [1.29, 1.82) is 0 Å². The van der Waals surface area contributed by atoms with Crippen LogP contribution in [0.15, 0.2) is 42.4 Å². The number of fused-ring (bicyclic) bond motifs is 1. The van der Waals surface area contributed by atoms with Gasteiger partial charge >= 0.3 is 0 Å². The van der Waals surface area contributed by atoms with Crippen LogP contribution in [0.25, 0.3) is 11.7 Å². The molecule has 1 aliphatic heterocycles. The summed E-state index contributed by atoms with van der Waals surface area (Å²) < 4.78 is 1.74. The van der Waals surface area contributed by atoms with E-state index in [0.717, 1.165) is 30.2 Å². The molecule has 1 saturated heterocycles. The van der Waals surface area contributed by atoms with Crippen LogP contribution in [-0.2, 0) is 9.59 Å². The molecule has 2 aliphatic rings. The highest BCUT2D eigenvalue weighted by Crippen LogP contribution is 2.30. The molecule has 0 atom stereocenters. The predicted molar refractivity (Wildman–Crippen MR) is 108 cm³/mol. The fourth-order valence-electron chi connectivity index (χ4n) is 3.27. The molecule has 9 heteroatoms. The summed E-state index contributed by atoms with van der Waals surface area (Å²) in [6.45, 7) is 0. The van der Waals surface area contributed by atoms with E-state index in [0.29, 0.717) is 22.8 Å². The number of amides is 2. The molecule has 3 aromatic rings. The molecular weight excluding hydrogens is 370 g/mol. The highest BCUT2D eigenvalue weighted by Gasteiger charge is 2.26. The molecule has 9 nitrogen and oxygen atoms in total. The van der Waals surface area contributed by atoms with Gasteiger partial charge in [0.2, 0.25) is 5.91 Å². The van der Waals surface area contributed by atoms with Gasteiger partial charge in [-0.1, -0.05) is 0 Å². The lowest BCUT2D eigenvalue weighted by Gasteiger charge is -2.19. The largest absolute Gasteiger partial charge is 0.367 e. The van der Waals surface area contributed by atoms with Crippen molar-refractivity contribution in [3.8, 4) is 0 Å². The van der Waals surface area contributed by atoms with Gasteiger partial charge in [0.15, 0.2) is 5.65 Å². The molecule has 1 saturated carbocycles. The minimum Gasteiger partial charge on any atom is -0.367 e. The third kappa shape index (κ3) is 3.31. The van der Waals surface area contributed by atoms with Crippen molar-refractivity contribution in [3.05, 3.63) is 47.9 Å². The van der Waals surface area contributed by atoms with E-state index in [1.807, 2.05) is 30.1 Å². The number of nitrogens with zero attached hydrogens (tertiary/aromatic N) is 5.